The summed E-state index contributed by atoms with van der Waals surface area (Å²) in [5, 5.41) is 23.2. The third-order valence-electron chi connectivity index (χ3n) is 1.57. The van der Waals surface area contributed by atoms with Crippen molar-refractivity contribution in [2.75, 3.05) is 19.6 Å². The first-order valence-electron chi connectivity index (χ1n) is 4.58. The largest absolute Gasteiger partial charge is 0.367 e. The second-order valence-electron chi connectivity index (χ2n) is 3.43. The van der Waals surface area contributed by atoms with Crippen molar-refractivity contribution in [2.45, 2.75) is 32.2 Å². The first-order chi connectivity index (χ1) is 6.02. The van der Waals surface area contributed by atoms with Crippen LogP contribution in [0.15, 0.2) is 0 Å². The van der Waals surface area contributed by atoms with Gasteiger partial charge in [-0.3, -0.25) is 0 Å². The van der Waals surface area contributed by atoms with Crippen molar-refractivity contribution in [1.82, 2.24) is 10.6 Å². The predicted molar refractivity (Wildman–Crippen MR) is 52.2 cm³/mol. The van der Waals surface area contributed by atoms with E-state index < -0.39 is 6.29 Å². The molecule has 0 bridgehead atoms. The summed E-state index contributed by atoms with van der Waals surface area (Å²) in [5.74, 6) is 0. The molecule has 6 N–H and O–H groups in total. The number of nitrogens with two attached hydrogens (primary N) is 1. The van der Waals surface area contributed by atoms with E-state index in [1.807, 2.05) is 13.8 Å². The van der Waals surface area contributed by atoms with E-state index in [0.717, 1.165) is 6.54 Å². The normalized spacial score (nSPS) is 16.2. The minimum Gasteiger partial charge on any atom is -0.367 e. The lowest BCUT2D eigenvalue weighted by Gasteiger charge is -2.16. The van der Waals surface area contributed by atoms with Crippen molar-refractivity contribution in [2.24, 2.45) is 5.73 Å². The first kappa shape index (κ1) is 12.8. The number of hydrogen-bond acceptors (Lipinski definition) is 5. The van der Waals surface area contributed by atoms with Crippen LogP contribution in [0.5, 0.6) is 0 Å². The summed E-state index contributed by atoms with van der Waals surface area (Å²) in [7, 11) is 0. The Hall–Kier alpha value is -0.200. The molecule has 0 amide bonds. The fourth-order valence-corrected chi connectivity index (χ4v) is 0.888. The van der Waals surface area contributed by atoms with Crippen molar-refractivity contribution in [3.05, 3.63) is 0 Å². The highest BCUT2D eigenvalue weighted by Crippen LogP contribution is 1.80. The third-order valence-corrected chi connectivity index (χ3v) is 1.57. The summed E-state index contributed by atoms with van der Waals surface area (Å²) >= 11 is 0. The van der Waals surface area contributed by atoms with Gasteiger partial charge in [-0.25, -0.2) is 0 Å². The fourth-order valence-electron chi connectivity index (χ4n) is 0.888. The Morgan fingerprint density at radius 3 is 2.23 bits per heavy atom. The molecule has 2 atom stereocenters. The molecule has 2 unspecified atom stereocenters. The lowest BCUT2D eigenvalue weighted by molar-refractivity contribution is -0.0372. The van der Waals surface area contributed by atoms with Gasteiger partial charge in [0.15, 0.2) is 6.29 Å². The standard InChI is InChI=1S/C8H21N3O2/c1-6(9)3-11-7(2)4-10-5-8(12)13/h6-8,10-13H,3-5,9H2,1-2H3. The van der Waals surface area contributed by atoms with Crippen molar-refractivity contribution in [1.29, 1.82) is 0 Å². The molecule has 0 aromatic rings. The molecule has 0 aromatic heterocycles. The van der Waals surface area contributed by atoms with Gasteiger partial charge in [0.2, 0.25) is 0 Å². The van der Waals surface area contributed by atoms with Crippen LogP contribution in [0, 0.1) is 0 Å². The van der Waals surface area contributed by atoms with E-state index in [1.54, 1.807) is 0 Å². The van der Waals surface area contributed by atoms with Crippen LogP contribution in [0.1, 0.15) is 13.8 Å². The molecule has 13 heavy (non-hydrogen) atoms. The molecule has 5 heteroatoms. The molecule has 0 fully saturated rings. The van der Waals surface area contributed by atoms with Crippen LogP contribution in [-0.4, -0.2) is 48.2 Å². The molecule has 0 saturated carbocycles. The van der Waals surface area contributed by atoms with Gasteiger partial charge < -0.3 is 26.6 Å². The van der Waals surface area contributed by atoms with Gasteiger partial charge in [0.1, 0.15) is 0 Å². The Labute approximate surface area is 79.3 Å². The van der Waals surface area contributed by atoms with E-state index in [1.165, 1.54) is 0 Å². The number of aliphatic hydroxyl groups is 2. The van der Waals surface area contributed by atoms with Gasteiger partial charge in [-0.15, -0.1) is 0 Å². The minimum absolute atomic E-state index is 0.144. The molecule has 0 heterocycles. The molecule has 0 rings (SSSR count). The van der Waals surface area contributed by atoms with Gasteiger partial charge in [0.25, 0.3) is 0 Å². The molecule has 5 nitrogen and oxygen atoms in total. The molecule has 0 spiro atoms. The van der Waals surface area contributed by atoms with Crippen LogP contribution in [0.25, 0.3) is 0 Å². The van der Waals surface area contributed by atoms with Crippen LogP contribution < -0.4 is 16.4 Å². The zero-order valence-electron chi connectivity index (χ0n) is 8.33. The maximum atomic E-state index is 8.54. The SMILES string of the molecule is CC(N)CNC(C)CNCC(O)O. The summed E-state index contributed by atoms with van der Waals surface area (Å²) in [6.07, 6.45) is -1.28. The average molecular weight is 191 g/mol. The van der Waals surface area contributed by atoms with E-state index in [-0.39, 0.29) is 18.6 Å². The second kappa shape index (κ2) is 7.23. The smallest absolute Gasteiger partial charge is 0.164 e. The summed E-state index contributed by atoms with van der Waals surface area (Å²) in [4.78, 5) is 0. The Bertz CT molecular complexity index is 120. The lowest BCUT2D eigenvalue weighted by atomic mass is 10.3. The van der Waals surface area contributed by atoms with E-state index in [9.17, 15) is 0 Å². The zero-order valence-corrected chi connectivity index (χ0v) is 8.33. The first-order valence-corrected chi connectivity index (χ1v) is 4.58. The van der Waals surface area contributed by atoms with Gasteiger partial charge in [-0.1, -0.05) is 0 Å². The highest BCUT2D eigenvalue weighted by atomic mass is 16.5. The van der Waals surface area contributed by atoms with Gasteiger partial charge in [-0.2, -0.15) is 0 Å². The highest BCUT2D eigenvalue weighted by molar-refractivity contribution is 4.67. The van der Waals surface area contributed by atoms with Crippen LogP contribution >= 0.6 is 0 Å². The Kier molecular flexibility index (Phi) is 7.12. The molecule has 0 aliphatic heterocycles. The van der Waals surface area contributed by atoms with Gasteiger partial charge >= 0.3 is 0 Å². The summed E-state index contributed by atoms with van der Waals surface area (Å²) in [6.45, 7) is 5.61. The third kappa shape index (κ3) is 9.72. The van der Waals surface area contributed by atoms with E-state index in [4.69, 9.17) is 15.9 Å². The second-order valence-corrected chi connectivity index (χ2v) is 3.43. The van der Waals surface area contributed by atoms with Crippen LogP contribution in [0.3, 0.4) is 0 Å². The number of hydrogen-bond donors (Lipinski definition) is 5. The Morgan fingerprint density at radius 2 is 1.77 bits per heavy atom. The van der Waals surface area contributed by atoms with Gasteiger partial charge in [0, 0.05) is 31.7 Å². The molecule has 0 aliphatic carbocycles. The Morgan fingerprint density at radius 1 is 1.15 bits per heavy atom. The average Bonchev–Trinajstić information content (AvgIpc) is 2.00. The van der Waals surface area contributed by atoms with Crippen molar-refractivity contribution in [3.8, 4) is 0 Å². The Balaban J connectivity index is 3.25. The van der Waals surface area contributed by atoms with Crippen molar-refractivity contribution >= 4 is 0 Å². The van der Waals surface area contributed by atoms with E-state index >= 15 is 0 Å². The van der Waals surface area contributed by atoms with E-state index in [0.29, 0.717) is 6.54 Å². The molecule has 0 aromatic carbocycles. The topological polar surface area (TPSA) is 90.5 Å². The van der Waals surface area contributed by atoms with Crippen LogP contribution in [0.4, 0.5) is 0 Å². The lowest BCUT2D eigenvalue weighted by Crippen LogP contribution is -2.43. The maximum absolute atomic E-state index is 8.54. The molecular formula is C8H21N3O2. The molecule has 0 saturated heterocycles. The molecular weight excluding hydrogens is 170 g/mol. The fraction of sp³-hybridized carbons (Fsp3) is 1.00. The van der Waals surface area contributed by atoms with Crippen molar-refractivity contribution < 1.29 is 10.2 Å². The number of nitrogens with one attached hydrogen (secondary N) is 2. The summed E-state index contributed by atoms with van der Waals surface area (Å²) in [5.41, 5.74) is 5.55. The predicted octanol–water partition coefficient (Wildman–Crippen LogP) is -1.79. The summed E-state index contributed by atoms with van der Waals surface area (Å²) in [6, 6.07) is 0.427. The number of aliphatic hydroxyl groups excluding tert-OH is 1. The quantitative estimate of drug-likeness (QED) is 0.307. The molecule has 0 aliphatic rings. The highest BCUT2D eigenvalue weighted by Gasteiger charge is 2.02. The van der Waals surface area contributed by atoms with Crippen molar-refractivity contribution in [3.63, 3.8) is 0 Å². The molecule has 80 valence electrons. The number of rotatable bonds is 7. The zero-order chi connectivity index (χ0) is 10.3. The van der Waals surface area contributed by atoms with Gasteiger partial charge in [0.05, 0.1) is 0 Å². The van der Waals surface area contributed by atoms with Crippen LogP contribution in [0.2, 0.25) is 0 Å². The molecule has 0 radical (unpaired) electrons. The van der Waals surface area contributed by atoms with E-state index in [2.05, 4.69) is 10.6 Å². The van der Waals surface area contributed by atoms with Crippen LogP contribution in [-0.2, 0) is 0 Å². The van der Waals surface area contributed by atoms with Gasteiger partial charge in [-0.05, 0) is 13.8 Å². The maximum Gasteiger partial charge on any atom is 0.164 e. The monoisotopic (exact) mass is 191 g/mol. The minimum atomic E-state index is -1.28. The summed E-state index contributed by atoms with van der Waals surface area (Å²) < 4.78 is 0.